The molecule has 2 N–H and O–H groups in total. The summed E-state index contributed by atoms with van der Waals surface area (Å²) in [5, 5.41) is 12.9. The molecule has 0 aliphatic heterocycles. The van der Waals surface area contributed by atoms with Crippen molar-refractivity contribution < 1.29 is 5.11 Å². The lowest BCUT2D eigenvalue weighted by atomic mass is 9.72. The van der Waals surface area contributed by atoms with E-state index in [2.05, 4.69) is 12.2 Å². The molecule has 82 valence electrons. The molecule has 2 aliphatic rings. The zero-order valence-electron chi connectivity index (χ0n) is 9.26. The van der Waals surface area contributed by atoms with Crippen LogP contribution in [0.1, 0.15) is 45.4 Å². The second kappa shape index (κ2) is 4.19. The lowest BCUT2D eigenvalue weighted by molar-refractivity contribution is 0.0710. The van der Waals surface area contributed by atoms with Gasteiger partial charge < -0.3 is 10.4 Å². The van der Waals surface area contributed by atoms with Gasteiger partial charge in [-0.2, -0.15) is 0 Å². The summed E-state index contributed by atoms with van der Waals surface area (Å²) in [5.41, 5.74) is 0.122. The summed E-state index contributed by atoms with van der Waals surface area (Å²) in [7, 11) is 0. The summed E-state index contributed by atoms with van der Waals surface area (Å²) < 4.78 is 0. The van der Waals surface area contributed by atoms with Crippen LogP contribution in [0.2, 0.25) is 0 Å². The Bertz CT molecular complexity index is 177. The van der Waals surface area contributed by atoms with E-state index >= 15 is 0 Å². The van der Waals surface area contributed by atoms with Crippen LogP contribution in [-0.2, 0) is 0 Å². The van der Waals surface area contributed by atoms with Crippen LogP contribution >= 0.6 is 0 Å². The molecule has 2 nitrogen and oxygen atoms in total. The Morgan fingerprint density at radius 3 is 2.43 bits per heavy atom. The van der Waals surface area contributed by atoms with Gasteiger partial charge in [-0.25, -0.2) is 0 Å². The Morgan fingerprint density at radius 2 is 2.00 bits per heavy atom. The highest BCUT2D eigenvalue weighted by atomic mass is 16.3. The quantitative estimate of drug-likeness (QED) is 0.706. The van der Waals surface area contributed by atoms with Gasteiger partial charge in [-0.05, 0) is 50.5 Å². The van der Waals surface area contributed by atoms with Crippen LogP contribution in [0.4, 0.5) is 0 Å². The summed E-state index contributed by atoms with van der Waals surface area (Å²) in [5.74, 6) is 1.89. The van der Waals surface area contributed by atoms with Gasteiger partial charge >= 0.3 is 0 Å². The van der Waals surface area contributed by atoms with Gasteiger partial charge in [-0.1, -0.05) is 13.3 Å². The highest BCUT2D eigenvalue weighted by Crippen LogP contribution is 2.37. The average Bonchev–Trinajstić information content (AvgIpc) is 2.06. The number of rotatable bonds is 5. The van der Waals surface area contributed by atoms with Gasteiger partial charge in [0.05, 0.1) is 6.61 Å². The van der Waals surface area contributed by atoms with Crippen LogP contribution in [-0.4, -0.2) is 23.8 Å². The molecular formula is C12H23NO. The van der Waals surface area contributed by atoms with Crippen LogP contribution in [0, 0.1) is 11.8 Å². The minimum atomic E-state index is 0.122. The molecule has 2 saturated carbocycles. The first kappa shape index (κ1) is 10.4. The zero-order valence-corrected chi connectivity index (χ0v) is 9.26. The third-order valence-corrected chi connectivity index (χ3v) is 4.29. The van der Waals surface area contributed by atoms with Crippen molar-refractivity contribution in [1.82, 2.24) is 5.32 Å². The van der Waals surface area contributed by atoms with E-state index < -0.39 is 0 Å². The first-order valence-corrected chi connectivity index (χ1v) is 6.14. The minimum absolute atomic E-state index is 0.122. The summed E-state index contributed by atoms with van der Waals surface area (Å²) in [4.78, 5) is 0. The molecule has 0 unspecified atom stereocenters. The first-order valence-electron chi connectivity index (χ1n) is 6.14. The van der Waals surface area contributed by atoms with Crippen molar-refractivity contribution in [1.29, 1.82) is 0 Å². The number of hydrogen-bond donors (Lipinski definition) is 2. The molecule has 0 bridgehead atoms. The molecule has 2 aliphatic carbocycles. The molecule has 0 atom stereocenters. The molecule has 0 aromatic carbocycles. The van der Waals surface area contributed by atoms with E-state index in [1.165, 1.54) is 38.5 Å². The number of aliphatic hydroxyl groups is 1. The van der Waals surface area contributed by atoms with E-state index in [-0.39, 0.29) is 5.54 Å². The van der Waals surface area contributed by atoms with Gasteiger partial charge in [0.2, 0.25) is 0 Å². The van der Waals surface area contributed by atoms with E-state index in [1.54, 1.807) is 0 Å². The van der Waals surface area contributed by atoms with E-state index in [1.807, 2.05) is 0 Å². The number of hydrogen-bond acceptors (Lipinski definition) is 2. The van der Waals surface area contributed by atoms with Crippen molar-refractivity contribution in [2.45, 2.75) is 51.0 Å². The predicted molar refractivity (Wildman–Crippen MR) is 58.2 cm³/mol. The highest BCUT2D eigenvalue weighted by molar-refractivity contribution is 4.96. The van der Waals surface area contributed by atoms with E-state index in [0.29, 0.717) is 6.61 Å². The zero-order chi connectivity index (χ0) is 10.0. The molecule has 0 aromatic rings. The molecule has 2 rings (SSSR count). The molecular weight excluding hydrogens is 174 g/mol. The highest BCUT2D eigenvalue weighted by Gasteiger charge is 2.37. The van der Waals surface area contributed by atoms with Crippen molar-refractivity contribution in [2.24, 2.45) is 11.8 Å². The molecule has 0 aromatic heterocycles. The molecule has 2 heteroatoms. The molecule has 2 fully saturated rings. The second-order valence-corrected chi connectivity index (χ2v) is 5.28. The van der Waals surface area contributed by atoms with Crippen LogP contribution in [0.5, 0.6) is 0 Å². The average molecular weight is 197 g/mol. The van der Waals surface area contributed by atoms with Crippen LogP contribution in [0.3, 0.4) is 0 Å². The fraction of sp³-hybridized carbons (Fsp3) is 1.00. The fourth-order valence-electron chi connectivity index (χ4n) is 2.73. The Hall–Kier alpha value is -0.0800. The molecule has 0 heterocycles. The summed E-state index contributed by atoms with van der Waals surface area (Å²) in [6.45, 7) is 3.75. The van der Waals surface area contributed by atoms with Gasteiger partial charge in [0.1, 0.15) is 0 Å². The summed E-state index contributed by atoms with van der Waals surface area (Å²) in [6, 6.07) is 0. The van der Waals surface area contributed by atoms with Crippen molar-refractivity contribution in [2.75, 3.05) is 13.2 Å². The molecule has 0 saturated heterocycles. The monoisotopic (exact) mass is 197 g/mol. The Morgan fingerprint density at radius 1 is 1.29 bits per heavy atom. The predicted octanol–water partition coefficient (Wildman–Crippen LogP) is 1.93. The van der Waals surface area contributed by atoms with Gasteiger partial charge in [-0.3, -0.25) is 0 Å². The lowest BCUT2D eigenvalue weighted by Gasteiger charge is -2.44. The number of aliphatic hydroxyl groups excluding tert-OH is 1. The van der Waals surface area contributed by atoms with Crippen LogP contribution in [0.25, 0.3) is 0 Å². The summed E-state index contributed by atoms with van der Waals surface area (Å²) in [6.07, 6.45) is 7.80. The molecule has 0 spiro atoms. The van der Waals surface area contributed by atoms with Gasteiger partial charge in [-0.15, -0.1) is 0 Å². The topological polar surface area (TPSA) is 32.3 Å². The largest absolute Gasteiger partial charge is 0.394 e. The van der Waals surface area contributed by atoms with Crippen molar-refractivity contribution >= 4 is 0 Å². The molecule has 14 heavy (non-hydrogen) atoms. The normalized spacial score (nSPS) is 34.7. The van der Waals surface area contributed by atoms with E-state index in [4.69, 9.17) is 0 Å². The maximum absolute atomic E-state index is 9.28. The maximum Gasteiger partial charge on any atom is 0.0613 e. The van der Waals surface area contributed by atoms with Crippen LogP contribution in [0.15, 0.2) is 0 Å². The second-order valence-electron chi connectivity index (χ2n) is 5.28. The fourth-order valence-corrected chi connectivity index (χ4v) is 2.73. The van der Waals surface area contributed by atoms with Gasteiger partial charge in [0, 0.05) is 5.54 Å². The third kappa shape index (κ3) is 1.96. The third-order valence-electron chi connectivity index (χ3n) is 4.29. The number of nitrogens with one attached hydrogen (secondary N) is 1. The summed E-state index contributed by atoms with van der Waals surface area (Å²) >= 11 is 0. The molecule has 0 radical (unpaired) electrons. The smallest absolute Gasteiger partial charge is 0.0613 e. The van der Waals surface area contributed by atoms with E-state index in [0.717, 1.165) is 18.4 Å². The first-order chi connectivity index (χ1) is 6.78. The van der Waals surface area contributed by atoms with Crippen molar-refractivity contribution in [3.05, 3.63) is 0 Å². The Balaban J connectivity index is 1.63. The standard InChI is InChI=1S/C12H23NO/c1-2-10-6-11(7-10)8-13-12(9-14)4-3-5-12/h10-11,13-14H,2-9H2,1H3/t10-,11-. The maximum atomic E-state index is 9.28. The van der Waals surface area contributed by atoms with Crippen molar-refractivity contribution in [3.63, 3.8) is 0 Å². The molecule has 0 amide bonds. The van der Waals surface area contributed by atoms with Gasteiger partial charge in [0.15, 0.2) is 0 Å². The van der Waals surface area contributed by atoms with Gasteiger partial charge in [0.25, 0.3) is 0 Å². The Labute approximate surface area is 87.1 Å². The lowest BCUT2D eigenvalue weighted by Crippen LogP contribution is -2.55. The Kier molecular flexibility index (Phi) is 3.13. The van der Waals surface area contributed by atoms with Crippen molar-refractivity contribution in [3.8, 4) is 0 Å². The van der Waals surface area contributed by atoms with Crippen LogP contribution < -0.4 is 5.32 Å². The van der Waals surface area contributed by atoms with E-state index in [9.17, 15) is 5.11 Å². The SMILES string of the molecule is CC[C@H]1C[C@H](CNC2(CO)CCC2)C1. The minimum Gasteiger partial charge on any atom is -0.394 e.